The van der Waals surface area contributed by atoms with Crippen LogP contribution in [0.25, 0.3) is 0 Å². The lowest BCUT2D eigenvalue weighted by Gasteiger charge is -2.35. The van der Waals surface area contributed by atoms with Crippen LogP contribution in [0, 0.1) is 12.8 Å². The molecule has 1 aliphatic heterocycles. The van der Waals surface area contributed by atoms with E-state index in [-0.39, 0.29) is 17.7 Å². The summed E-state index contributed by atoms with van der Waals surface area (Å²) in [6.07, 6.45) is 1.58. The molecule has 160 valence electrons. The fourth-order valence-corrected chi connectivity index (χ4v) is 3.29. The first kappa shape index (κ1) is 22.8. The zero-order valence-electron chi connectivity index (χ0n) is 17.6. The Bertz CT molecular complexity index is 737. The number of amides is 2. The monoisotopic (exact) mass is 404 g/mol. The van der Waals surface area contributed by atoms with Crippen molar-refractivity contribution in [3.8, 4) is 0 Å². The van der Waals surface area contributed by atoms with E-state index in [0.29, 0.717) is 25.8 Å². The quantitative estimate of drug-likeness (QED) is 0.576. The van der Waals surface area contributed by atoms with Crippen LogP contribution in [0.3, 0.4) is 0 Å². The lowest BCUT2D eigenvalue weighted by molar-refractivity contribution is -0.151. The Morgan fingerprint density at radius 3 is 2.69 bits per heavy atom. The third-order valence-corrected chi connectivity index (χ3v) is 5.10. The SMILES string of the molecule is COC(=O)[C@@H]1CCCN(C(=O)[C@H](Cc2cccc(C)c2)NC(=O)C(N)C(C)C)N1. The molecule has 0 saturated carbocycles. The average Bonchev–Trinajstić information content (AvgIpc) is 2.71. The summed E-state index contributed by atoms with van der Waals surface area (Å²) in [5.41, 5.74) is 10.9. The minimum Gasteiger partial charge on any atom is -0.468 e. The second-order valence-electron chi connectivity index (χ2n) is 7.86. The van der Waals surface area contributed by atoms with E-state index in [2.05, 4.69) is 10.7 Å². The molecule has 1 heterocycles. The molecule has 0 radical (unpaired) electrons. The number of nitrogens with zero attached hydrogens (tertiary/aromatic N) is 1. The van der Waals surface area contributed by atoms with Gasteiger partial charge in [-0.2, -0.15) is 0 Å². The van der Waals surface area contributed by atoms with Crippen molar-refractivity contribution < 1.29 is 19.1 Å². The third-order valence-electron chi connectivity index (χ3n) is 5.10. The standard InChI is InChI=1S/C21H32N4O4/c1-13(2)18(22)19(26)23-17(12-15-8-5-7-14(3)11-15)20(27)25-10-6-9-16(24-25)21(28)29-4/h5,7-8,11,13,16-18,24H,6,9-10,12,22H2,1-4H3,(H,23,26)/t16-,17-,18?/m0/s1. The molecule has 0 bridgehead atoms. The topological polar surface area (TPSA) is 114 Å². The first-order valence-corrected chi connectivity index (χ1v) is 9.99. The summed E-state index contributed by atoms with van der Waals surface area (Å²) >= 11 is 0. The van der Waals surface area contributed by atoms with Gasteiger partial charge in [0.15, 0.2) is 0 Å². The van der Waals surface area contributed by atoms with E-state index in [9.17, 15) is 14.4 Å². The lowest BCUT2D eigenvalue weighted by Crippen LogP contribution is -2.61. The minimum atomic E-state index is -0.794. The predicted molar refractivity (Wildman–Crippen MR) is 110 cm³/mol. The highest BCUT2D eigenvalue weighted by Crippen LogP contribution is 2.13. The van der Waals surface area contributed by atoms with Crippen LogP contribution in [0.5, 0.6) is 0 Å². The number of carbonyl (C=O) groups excluding carboxylic acids is 3. The van der Waals surface area contributed by atoms with Gasteiger partial charge in [-0.1, -0.05) is 43.7 Å². The highest BCUT2D eigenvalue weighted by Gasteiger charge is 2.33. The molecule has 1 aliphatic rings. The van der Waals surface area contributed by atoms with E-state index >= 15 is 0 Å². The number of aryl methyl sites for hydroxylation is 1. The highest BCUT2D eigenvalue weighted by molar-refractivity contribution is 5.90. The Balaban J connectivity index is 2.19. The molecule has 2 amide bonds. The molecule has 0 aliphatic carbocycles. The molecule has 1 fully saturated rings. The van der Waals surface area contributed by atoms with Gasteiger partial charge in [0, 0.05) is 13.0 Å². The van der Waals surface area contributed by atoms with Crippen LogP contribution in [-0.2, 0) is 25.5 Å². The molecule has 2 rings (SSSR count). The van der Waals surface area contributed by atoms with Gasteiger partial charge in [0.05, 0.1) is 13.2 Å². The van der Waals surface area contributed by atoms with E-state index < -0.39 is 24.1 Å². The number of rotatable bonds is 7. The number of ether oxygens (including phenoxy) is 1. The molecule has 1 aromatic carbocycles. The van der Waals surface area contributed by atoms with Crippen molar-refractivity contribution in [1.29, 1.82) is 0 Å². The minimum absolute atomic E-state index is 0.0541. The molecule has 4 N–H and O–H groups in total. The van der Waals surface area contributed by atoms with Crippen molar-refractivity contribution in [2.24, 2.45) is 11.7 Å². The summed E-state index contributed by atoms with van der Waals surface area (Å²) < 4.78 is 4.78. The Hall–Kier alpha value is -2.45. The zero-order chi connectivity index (χ0) is 21.6. The molecule has 0 spiro atoms. The number of esters is 1. The molecule has 8 nitrogen and oxygen atoms in total. The summed E-state index contributed by atoms with van der Waals surface area (Å²) in [6, 6.07) is 5.71. The maximum atomic E-state index is 13.2. The van der Waals surface area contributed by atoms with Gasteiger partial charge in [0.2, 0.25) is 5.91 Å². The summed E-state index contributed by atoms with van der Waals surface area (Å²) in [7, 11) is 1.32. The Labute approximate surface area is 172 Å². The number of carbonyl (C=O) groups is 3. The van der Waals surface area contributed by atoms with Crippen molar-refractivity contribution in [3.63, 3.8) is 0 Å². The number of hydrogen-bond acceptors (Lipinski definition) is 6. The first-order valence-electron chi connectivity index (χ1n) is 9.99. The Kier molecular flexibility index (Phi) is 8.16. The molecule has 29 heavy (non-hydrogen) atoms. The zero-order valence-corrected chi connectivity index (χ0v) is 17.6. The maximum Gasteiger partial charge on any atom is 0.324 e. The summed E-state index contributed by atoms with van der Waals surface area (Å²) in [4.78, 5) is 37.7. The molecule has 8 heteroatoms. The number of nitrogens with two attached hydrogens (primary N) is 1. The second-order valence-corrected chi connectivity index (χ2v) is 7.86. The third kappa shape index (κ3) is 6.27. The summed E-state index contributed by atoms with van der Waals surface area (Å²) in [5.74, 6) is -1.14. The van der Waals surface area contributed by atoms with Crippen LogP contribution in [0.4, 0.5) is 0 Å². The van der Waals surface area contributed by atoms with Crippen LogP contribution in [0.2, 0.25) is 0 Å². The fraction of sp³-hybridized carbons (Fsp3) is 0.571. The van der Waals surface area contributed by atoms with Gasteiger partial charge in [-0.05, 0) is 31.2 Å². The van der Waals surface area contributed by atoms with Crippen molar-refractivity contribution >= 4 is 17.8 Å². The number of methoxy groups -OCH3 is 1. The first-order chi connectivity index (χ1) is 13.7. The van der Waals surface area contributed by atoms with Crippen molar-refractivity contribution in [2.75, 3.05) is 13.7 Å². The van der Waals surface area contributed by atoms with Crippen LogP contribution in [0.15, 0.2) is 24.3 Å². The molecule has 1 saturated heterocycles. The lowest BCUT2D eigenvalue weighted by atomic mass is 10.0. The van der Waals surface area contributed by atoms with E-state index in [1.807, 2.05) is 45.0 Å². The van der Waals surface area contributed by atoms with Crippen LogP contribution in [-0.4, -0.2) is 54.6 Å². The van der Waals surface area contributed by atoms with Gasteiger partial charge >= 0.3 is 5.97 Å². The van der Waals surface area contributed by atoms with Gasteiger partial charge < -0.3 is 15.8 Å². The largest absolute Gasteiger partial charge is 0.468 e. The molecule has 1 unspecified atom stereocenters. The smallest absolute Gasteiger partial charge is 0.324 e. The number of benzene rings is 1. The van der Waals surface area contributed by atoms with Crippen molar-refractivity contribution in [2.45, 2.75) is 58.2 Å². The Morgan fingerprint density at radius 2 is 2.07 bits per heavy atom. The van der Waals surface area contributed by atoms with E-state index in [4.69, 9.17) is 10.5 Å². The molecular weight excluding hydrogens is 372 g/mol. The van der Waals surface area contributed by atoms with Crippen LogP contribution in [0.1, 0.15) is 37.8 Å². The summed E-state index contributed by atoms with van der Waals surface area (Å²) in [6.45, 7) is 6.13. The average molecular weight is 405 g/mol. The molecule has 1 aromatic rings. The number of hydrogen-bond donors (Lipinski definition) is 3. The number of nitrogens with one attached hydrogen (secondary N) is 2. The number of hydrazine groups is 1. The predicted octanol–water partition coefficient (Wildman–Crippen LogP) is 0.674. The van der Waals surface area contributed by atoms with Gasteiger partial charge in [-0.15, -0.1) is 0 Å². The van der Waals surface area contributed by atoms with Crippen LogP contribution < -0.4 is 16.5 Å². The molecule has 0 aromatic heterocycles. The molecular formula is C21H32N4O4. The normalized spacial score (nSPS) is 18.8. The van der Waals surface area contributed by atoms with E-state index in [1.54, 1.807) is 0 Å². The van der Waals surface area contributed by atoms with E-state index in [0.717, 1.165) is 11.1 Å². The van der Waals surface area contributed by atoms with Gasteiger partial charge in [-0.25, -0.2) is 5.43 Å². The Morgan fingerprint density at radius 1 is 1.34 bits per heavy atom. The van der Waals surface area contributed by atoms with Crippen LogP contribution >= 0.6 is 0 Å². The fourth-order valence-electron chi connectivity index (χ4n) is 3.29. The van der Waals surface area contributed by atoms with Gasteiger partial charge in [-0.3, -0.25) is 19.4 Å². The molecule has 3 atom stereocenters. The van der Waals surface area contributed by atoms with Gasteiger partial charge in [0.1, 0.15) is 12.1 Å². The van der Waals surface area contributed by atoms with Gasteiger partial charge in [0.25, 0.3) is 5.91 Å². The second kappa shape index (κ2) is 10.4. The van der Waals surface area contributed by atoms with Crippen molar-refractivity contribution in [3.05, 3.63) is 35.4 Å². The van der Waals surface area contributed by atoms with Crippen molar-refractivity contribution in [1.82, 2.24) is 15.8 Å². The van der Waals surface area contributed by atoms with E-state index in [1.165, 1.54) is 12.1 Å². The highest BCUT2D eigenvalue weighted by atomic mass is 16.5. The summed E-state index contributed by atoms with van der Waals surface area (Å²) in [5, 5.41) is 4.22. The maximum absolute atomic E-state index is 13.2.